The fraction of sp³-hybridized carbons (Fsp3) is 0.565. The minimum atomic E-state index is -2.04. The number of aryl methyl sites for hydroxylation is 1. The number of hydrogen-bond donors (Lipinski definition) is 1. The Labute approximate surface area is 175 Å². The number of aromatic nitrogens is 1. The second-order valence-electron chi connectivity index (χ2n) is 9.18. The van der Waals surface area contributed by atoms with Crippen molar-refractivity contribution in [3.05, 3.63) is 53.7 Å². The van der Waals surface area contributed by atoms with Gasteiger partial charge in [-0.3, -0.25) is 0 Å². The van der Waals surface area contributed by atoms with Crippen LogP contribution in [0, 0.1) is 0 Å². The van der Waals surface area contributed by atoms with Gasteiger partial charge in [0.2, 0.25) is 5.89 Å². The van der Waals surface area contributed by atoms with Crippen molar-refractivity contribution < 1.29 is 18.7 Å². The number of carboxylic acid groups (broad SMARTS) is 1. The fourth-order valence-electron chi connectivity index (χ4n) is 2.96. The second-order valence-corrected chi connectivity index (χ2v) is 13.9. The molecule has 6 heteroatoms. The Bertz CT molecular complexity index is 765. The molecule has 5 nitrogen and oxygen atoms in total. The summed E-state index contributed by atoms with van der Waals surface area (Å²) in [5.41, 5.74) is 1.32. The van der Waals surface area contributed by atoms with Gasteiger partial charge in [0.25, 0.3) is 0 Å². The summed E-state index contributed by atoms with van der Waals surface area (Å²) >= 11 is 0. The number of rotatable bonds is 11. The van der Waals surface area contributed by atoms with Crippen LogP contribution in [0.3, 0.4) is 0 Å². The van der Waals surface area contributed by atoms with E-state index in [4.69, 9.17) is 13.9 Å². The summed E-state index contributed by atoms with van der Waals surface area (Å²) in [5.74, 6) is -0.691. The molecule has 1 N–H and O–H groups in total. The van der Waals surface area contributed by atoms with E-state index in [2.05, 4.69) is 63.1 Å². The molecular formula is C23H35NO4Si. The summed E-state index contributed by atoms with van der Waals surface area (Å²) in [6.07, 6.45) is 7.24. The number of nitrogens with zero attached hydrogens (tertiary/aromatic N) is 1. The lowest BCUT2D eigenvalue weighted by Crippen LogP contribution is -2.41. The molecule has 0 aliphatic carbocycles. The standard InChI is InChI=1S/C23H35NO4Si/c1-23(2,3)29(4,5)28-20(21-24-19(17-27-21)22(25)26)16-12-7-6-9-13-18-14-10-8-11-15-18/h8,10-11,14-15,17,20H,6-7,9,12-13,16H2,1-5H3,(H,25,26). The summed E-state index contributed by atoms with van der Waals surface area (Å²) < 4.78 is 12.0. The van der Waals surface area contributed by atoms with E-state index in [1.165, 1.54) is 18.2 Å². The van der Waals surface area contributed by atoms with Gasteiger partial charge in [-0.05, 0) is 43.0 Å². The summed E-state index contributed by atoms with van der Waals surface area (Å²) in [5, 5.41) is 9.21. The molecule has 0 amide bonds. The minimum Gasteiger partial charge on any atom is -0.476 e. The Kier molecular flexibility index (Phi) is 8.22. The highest BCUT2D eigenvalue weighted by Gasteiger charge is 2.40. The molecule has 1 heterocycles. The number of hydrogen-bond acceptors (Lipinski definition) is 4. The molecule has 0 saturated heterocycles. The van der Waals surface area contributed by atoms with Crippen LogP contribution in [-0.4, -0.2) is 24.4 Å². The highest BCUT2D eigenvalue weighted by Crippen LogP contribution is 2.40. The van der Waals surface area contributed by atoms with E-state index >= 15 is 0 Å². The molecule has 0 aliphatic heterocycles. The first-order chi connectivity index (χ1) is 13.6. The Morgan fingerprint density at radius 3 is 2.38 bits per heavy atom. The van der Waals surface area contributed by atoms with Crippen molar-refractivity contribution >= 4 is 14.3 Å². The Morgan fingerprint density at radius 1 is 1.14 bits per heavy atom. The normalized spacial score (nSPS) is 13.4. The molecule has 0 bridgehead atoms. The van der Waals surface area contributed by atoms with E-state index < -0.39 is 14.3 Å². The number of aromatic carboxylic acids is 1. The number of oxazole rings is 1. The predicted octanol–water partition coefficient (Wildman–Crippen LogP) is 6.63. The van der Waals surface area contributed by atoms with Crippen molar-refractivity contribution in [2.45, 2.75) is 83.5 Å². The van der Waals surface area contributed by atoms with Gasteiger partial charge in [0.05, 0.1) is 0 Å². The molecular weight excluding hydrogens is 382 g/mol. The molecule has 0 aliphatic rings. The average molecular weight is 418 g/mol. The zero-order valence-electron chi connectivity index (χ0n) is 18.4. The Morgan fingerprint density at radius 2 is 1.79 bits per heavy atom. The molecule has 1 unspecified atom stereocenters. The number of unbranched alkanes of at least 4 members (excludes halogenated alkanes) is 3. The van der Waals surface area contributed by atoms with Gasteiger partial charge < -0.3 is 13.9 Å². The van der Waals surface area contributed by atoms with E-state index in [1.807, 2.05) is 6.07 Å². The fourth-order valence-corrected chi connectivity index (χ4v) is 4.24. The summed E-state index contributed by atoms with van der Waals surface area (Å²) in [4.78, 5) is 15.3. The van der Waals surface area contributed by atoms with E-state index in [-0.39, 0.29) is 16.8 Å². The number of carboxylic acids is 1. The highest BCUT2D eigenvalue weighted by molar-refractivity contribution is 6.74. The maximum atomic E-state index is 11.2. The van der Waals surface area contributed by atoms with E-state index in [9.17, 15) is 4.79 Å². The van der Waals surface area contributed by atoms with Crippen LogP contribution in [0.1, 0.15) is 80.9 Å². The monoisotopic (exact) mass is 417 g/mol. The van der Waals surface area contributed by atoms with Gasteiger partial charge >= 0.3 is 5.97 Å². The van der Waals surface area contributed by atoms with Crippen LogP contribution in [0.15, 0.2) is 41.0 Å². The largest absolute Gasteiger partial charge is 0.476 e. The molecule has 1 aromatic carbocycles. The first-order valence-electron chi connectivity index (χ1n) is 10.5. The quantitative estimate of drug-likeness (QED) is 0.328. The summed E-state index contributed by atoms with van der Waals surface area (Å²) in [6, 6.07) is 10.6. The molecule has 0 fully saturated rings. The molecule has 2 aromatic rings. The SMILES string of the molecule is CC(C)(C)[Si](C)(C)OC(CCCCCCc1ccccc1)c1nc(C(=O)O)co1. The molecule has 160 valence electrons. The van der Waals surface area contributed by atoms with Gasteiger partial charge in [-0.1, -0.05) is 70.4 Å². The lowest BCUT2D eigenvalue weighted by molar-refractivity contribution is 0.0690. The van der Waals surface area contributed by atoms with Crippen LogP contribution in [-0.2, 0) is 10.8 Å². The van der Waals surface area contributed by atoms with Gasteiger partial charge in [0, 0.05) is 0 Å². The van der Waals surface area contributed by atoms with Crippen molar-refractivity contribution in [3.63, 3.8) is 0 Å². The first kappa shape index (κ1) is 23.4. The van der Waals surface area contributed by atoms with E-state index in [0.29, 0.717) is 5.89 Å². The third kappa shape index (κ3) is 7.12. The van der Waals surface area contributed by atoms with E-state index in [1.54, 1.807) is 0 Å². The highest BCUT2D eigenvalue weighted by atomic mass is 28.4. The van der Waals surface area contributed by atoms with Gasteiger partial charge in [0.15, 0.2) is 14.0 Å². The zero-order chi connectivity index (χ0) is 21.5. The van der Waals surface area contributed by atoms with Crippen LogP contribution < -0.4 is 0 Å². The lowest BCUT2D eigenvalue weighted by Gasteiger charge is -2.38. The van der Waals surface area contributed by atoms with Gasteiger partial charge in [-0.2, -0.15) is 0 Å². The Balaban J connectivity index is 1.91. The Hall–Kier alpha value is -1.92. The van der Waals surface area contributed by atoms with Crippen molar-refractivity contribution in [2.24, 2.45) is 0 Å². The maximum absolute atomic E-state index is 11.2. The van der Waals surface area contributed by atoms with Crippen LogP contribution in [0.4, 0.5) is 0 Å². The maximum Gasteiger partial charge on any atom is 0.357 e. The topological polar surface area (TPSA) is 72.6 Å². The number of benzene rings is 1. The van der Waals surface area contributed by atoms with Gasteiger partial charge in [-0.15, -0.1) is 0 Å². The van der Waals surface area contributed by atoms with Crippen molar-refractivity contribution in [3.8, 4) is 0 Å². The lowest BCUT2D eigenvalue weighted by atomic mass is 10.0. The zero-order valence-corrected chi connectivity index (χ0v) is 19.4. The van der Waals surface area contributed by atoms with Crippen molar-refractivity contribution in [2.75, 3.05) is 0 Å². The first-order valence-corrected chi connectivity index (χ1v) is 13.4. The van der Waals surface area contributed by atoms with Crippen molar-refractivity contribution in [1.82, 2.24) is 4.98 Å². The van der Waals surface area contributed by atoms with Gasteiger partial charge in [0.1, 0.15) is 12.4 Å². The van der Waals surface area contributed by atoms with Crippen LogP contribution in [0.2, 0.25) is 18.1 Å². The molecule has 0 spiro atoms. The predicted molar refractivity (Wildman–Crippen MR) is 118 cm³/mol. The van der Waals surface area contributed by atoms with Crippen LogP contribution in [0.25, 0.3) is 0 Å². The second kappa shape index (κ2) is 10.2. The summed E-state index contributed by atoms with van der Waals surface area (Å²) in [6.45, 7) is 11.0. The minimum absolute atomic E-state index is 0.0587. The van der Waals surface area contributed by atoms with Crippen LogP contribution in [0.5, 0.6) is 0 Å². The number of carbonyl (C=O) groups is 1. The van der Waals surface area contributed by atoms with E-state index in [0.717, 1.165) is 32.1 Å². The molecule has 0 radical (unpaired) electrons. The molecule has 29 heavy (non-hydrogen) atoms. The smallest absolute Gasteiger partial charge is 0.357 e. The molecule has 1 atom stereocenters. The third-order valence-corrected chi connectivity index (χ3v) is 10.3. The van der Waals surface area contributed by atoms with Crippen LogP contribution >= 0.6 is 0 Å². The van der Waals surface area contributed by atoms with Gasteiger partial charge in [-0.25, -0.2) is 9.78 Å². The molecule has 0 saturated carbocycles. The third-order valence-electron chi connectivity index (χ3n) is 5.78. The molecule has 2 rings (SSSR count). The molecule has 1 aromatic heterocycles. The average Bonchev–Trinajstić information content (AvgIpc) is 3.14. The summed E-state index contributed by atoms with van der Waals surface area (Å²) in [7, 11) is -2.04. The van der Waals surface area contributed by atoms with Crippen molar-refractivity contribution in [1.29, 1.82) is 0 Å².